The van der Waals surface area contributed by atoms with Gasteiger partial charge in [0.2, 0.25) is 0 Å². The van der Waals surface area contributed by atoms with Crippen molar-refractivity contribution in [2.45, 2.75) is 44.2 Å². The Morgan fingerprint density at radius 2 is 0.815 bits per heavy atom. The highest BCUT2D eigenvalue weighted by Gasteiger charge is 2.51. The van der Waals surface area contributed by atoms with Crippen molar-refractivity contribution >= 4 is 23.2 Å². The van der Waals surface area contributed by atoms with E-state index in [0.29, 0.717) is 0 Å². The van der Waals surface area contributed by atoms with Gasteiger partial charge in [-0.3, -0.25) is 0 Å². The lowest BCUT2D eigenvalue weighted by Gasteiger charge is -2.34. The van der Waals surface area contributed by atoms with Crippen LogP contribution in [0.25, 0.3) is 0 Å². The zero-order chi connectivity index (χ0) is 17.7. The molecule has 0 N–H and O–H groups in total. The van der Waals surface area contributed by atoms with Crippen LogP contribution < -0.4 is 28.3 Å². The Morgan fingerprint density at radius 3 is 1.15 bits per heavy atom. The Kier molecular flexibility index (Phi) is 7.11. The van der Waals surface area contributed by atoms with E-state index in [9.17, 15) is 0 Å². The molecule has 0 bridgehead atoms. The van der Waals surface area contributed by atoms with Gasteiger partial charge in [0.1, 0.15) is 23.2 Å². The monoisotopic (exact) mass is 394 g/mol. The highest BCUT2D eigenvalue weighted by Crippen LogP contribution is 2.62. The van der Waals surface area contributed by atoms with Crippen molar-refractivity contribution in [2.75, 3.05) is 0 Å². The predicted molar refractivity (Wildman–Crippen MR) is 117 cm³/mol. The molecule has 27 heavy (non-hydrogen) atoms. The van der Waals surface area contributed by atoms with Gasteiger partial charge in [-0.25, -0.2) is 0 Å². The van der Waals surface area contributed by atoms with Gasteiger partial charge in [0, 0.05) is 0 Å². The van der Waals surface area contributed by atoms with E-state index in [-0.39, 0.29) is 12.4 Å². The molecule has 140 valence electrons. The first-order valence-electron chi connectivity index (χ1n) is 9.98. The smallest absolute Gasteiger partial charge is 0.115 e. The molecule has 3 aromatic carbocycles. The average Bonchev–Trinajstić information content (AvgIpc) is 3.01. The first-order chi connectivity index (χ1) is 12.9. The normalized spacial score (nSPS) is 15.6. The summed E-state index contributed by atoms with van der Waals surface area (Å²) in [4.78, 5) is 0. The predicted octanol–water partition coefficient (Wildman–Crippen LogP) is 2.71. The molecule has 1 saturated carbocycles. The molecule has 2 heteroatoms. The summed E-state index contributed by atoms with van der Waals surface area (Å²) in [5, 5.41) is 4.64. The third-order valence-electron chi connectivity index (χ3n) is 5.86. The van der Waals surface area contributed by atoms with Crippen LogP contribution in [-0.2, 0) is 0 Å². The minimum Gasteiger partial charge on any atom is -1.00 e. The molecule has 1 fully saturated rings. The van der Waals surface area contributed by atoms with Crippen molar-refractivity contribution in [3.8, 4) is 0 Å². The van der Waals surface area contributed by atoms with E-state index in [2.05, 4.69) is 91.0 Å². The van der Waals surface area contributed by atoms with E-state index in [0.717, 1.165) is 5.66 Å². The minimum atomic E-state index is -1.66. The van der Waals surface area contributed by atoms with Crippen molar-refractivity contribution in [3.63, 3.8) is 0 Å². The van der Waals surface area contributed by atoms with Crippen molar-refractivity contribution in [2.24, 2.45) is 0 Å². The van der Waals surface area contributed by atoms with Crippen LogP contribution in [0.5, 0.6) is 0 Å². The number of benzene rings is 3. The number of rotatable bonds is 4. The van der Waals surface area contributed by atoms with Crippen LogP contribution >= 0.6 is 7.26 Å². The Labute approximate surface area is 170 Å². The van der Waals surface area contributed by atoms with Crippen LogP contribution in [0.3, 0.4) is 0 Å². The van der Waals surface area contributed by atoms with Crippen LogP contribution in [-0.4, -0.2) is 5.66 Å². The molecule has 4 rings (SSSR count). The van der Waals surface area contributed by atoms with Gasteiger partial charge in [0.15, 0.2) is 0 Å². The first-order valence-corrected chi connectivity index (χ1v) is 11.8. The molecule has 0 heterocycles. The van der Waals surface area contributed by atoms with E-state index in [1.54, 1.807) is 15.9 Å². The summed E-state index contributed by atoms with van der Waals surface area (Å²) < 4.78 is 0. The second-order valence-corrected chi connectivity index (χ2v) is 11.1. The van der Waals surface area contributed by atoms with Gasteiger partial charge >= 0.3 is 0 Å². The molecule has 0 nitrogen and oxygen atoms in total. The van der Waals surface area contributed by atoms with Crippen LogP contribution in [0.4, 0.5) is 0 Å². The van der Waals surface area contributed by atoms with Gasteiger partial charge in [0.05, 0.1) is 5.66 Å². The van der Waals surface area contributed by atoms with Crippen molar-refractivity contribution in [3.05, 3.63) is 91.0 Å². The average molecular weight is 395 g/mol. The summed E-state index contributed by atoms with van der Waals surface area (Å²) in [5.74, 6) is 0. The molecule has 0 amide bonds. The van der Waals surface area contributed by atoms with Gasteiger partial charge in [-0.1, -0.05) is 67.4 Å². The molecule has 0 spiro atoms. The maximum atomic E-state index is 2.39. The molecule has 0 saturated heterocycles. The molecule has 1 aliphatic rings. The second-order valence-electron chi connectivity index (χ2n) is 7.37. The molecular formula is C25H28ClP. The lowest BCUT2D eigenvalue weighted by molar-refractivity contribution is -0.00000509. The largest absolute Gasteiger partial charge is 1.00 e. The topological polar surface area (TPSA) is 0 Å². The standard InChI is InChI=1S/C25H28P.ClH/c1-2-7-15-22(14-6-1)26(23-16-8-3-9-17-23,24-18-10-4-11-19-24)25-20-12-5-13-21-25;/h3-5,8-13,16-22H,1-2,6-7,14-15H2;1H/q+1;/p-1. The summed E-state index contributed by atoms with van der Waals surface area (Å²) >= 11 is 0. The van der Waals surface area contributed by atoms with Gasteiger partial charge in [-0.15, -0.1) is 0 Å². The Bertz CT molecular complexity index is 697. The minimum absolute atomic E-state index is 0. The van der Waals surface area contributed by atoms with E-state index in [1.807, 2.05) is 0 Å². The zero-order valence-corrected chi connectivity index (χ0v) is 17.5. The van der Waals surface area contributed by atoms with E-state index >= 15 is 0 Å². The number of halogens is 1. The Morgan fingerprint density at radius 1 is 0.481 bits per heavy atom. The van der Waals surface area contributed by atoms with Crippen molar-refractivity contribution in [1.29, 1.82) is 0 Å². The fraction of sp³-hybridized carbons (Fsp3) is 0.280. The lowest BCUT2D eigenvalue weighted by atomic mass is 10.2. The summed E-state index contributed by atoms with van der Waals surface area (Å²) in [6.07, 6.45) is 8.25. The fourth-order valence-electron chi connectivity index (χ4n) is 4.71. The lowest BCUT2D eigenvalue weighted by Crippen LogP contribution is -3.00. The molecular weight excluding hydrogens is 367 g/mol. The van der Waals surface area contributed by atoms with E-state index in [1.165, 1.54) is 38.5 Å². The van der Waals surface area contributed by atoms with Gasteiger partial charge < -0.3 is 12.4 Å². The summed E-state index contributed by atoms with van der Waals surface area (Å²) in [7, 11) is -1.66. The van der Waals surface area contributed by atoms with Gasteiger partial charge in [-0.05, 0) is 62.1 Å². The molecule has 0 radical (unpaired) electrons. The van der Waals surface area contributed by atoms with Crippen LogP contribution in [0, 0.1) is 0 Å². The third-order valence-corrected chi connectivity index (χ3v) is 10.8. The zero-order valence-electron chi connectivity index (χ0n) is 15.8. The Balaban J connectivity index is 0.00000210. The van der Waals surface area contributed by atoms with Gasteiger partial charge in [0.25, 0.3) is 0 Å². The second kappa shape index (κ2) is 9.54. The van der Waals surface area contributed by atoms with Crippen LogP contribution in [0.15, 0.2) is 91.0 Å². The molecule has 3 aromatic rings. The molecule has 0 unspecified atom stereocenters. The van der Waals surface area contributed by atoms with Crippen molar-refractivity contribution < 1.29 is 12.4 Å². The van der Waals surface area contributed by atoms with Crippen molar-refractivity contribution in [1.82, 2.24) is 0 Å². The van der Waals surface area contributed by atoms with E-state index in [4.69, 9.17) is 0 Å². The summed E-state index contributed by atoms with van der Waals surface area (Å²) in [6.45, 7) is 0. The summed E-state index contributed by atoms with van der Waals surface area (Å²) in [6, 6.07) is 34.2. The SMILES string of the molecule is [Cl-].c1ccc([P+](c2ccccc2)(c2ccccc2)C2CCCCCC2)cc1. The molecule has 0 aliphatic heterocycles. The Hall–Kier alpha value is -1.62. The maximum absolute atomic E-state index is 2.39. The maximum Gasteiger partial charge on any atom is 0.115 e. The highest BCUT2D eigenvalue weighted by atomic mass is 35.5. The quantitative estimate of drug-likeness (QED) is 0.471. The molecule has 0 aromatic heterocycles. The number of hydrogen-bond acceptors (Lipinski definition) is 0. The van der Waals surface area contributed by atoms with E-state index < -0.39 is 7.26 Å². The summed E-state index contributed by atoms with van der Waals surface area (Å²) in [5.41, 5.74) is 0.747. The molecule has 1 aliphatic carbocycles. The third kappa shape index (κ3) is 3.98. The number of hydrogen-bond donors (Lipinski definition) is 0. The highest BCUT2D eigenvalue weighted by molar-refractivity contribution is 7.96. The van der Waals surface area contributed by atoms with Crippen LogP contribution in [0.1, 0.15) is 38.5 Å². The first kappa shape index (κ1) is 20.1. The van der Waals surface area contributed by atoms with Crippen LogP contribution in [0.2, 0.25) is 0 Å². The fourth-order valence-corrected chi connectivity index (χ4v) is 9.94. The molecule has 0 atom stereocenters. The van der Waals surface area contributed by atoms with Gasteiger partial charge in [-0.2, -0.15) is 0 Å².